The highest BCUT2D eigenvalue weighted by Crippen LogP contribution is 2.29. The number of aryl methyl sites for hydroxylation is 3. The molecule has 0 aromatic carbocycles. The van der Waals surface area contributed by atoms with Gasteiger partial charge in [-0.25, -0.2) is 14.8 Å². The van der Waals surface area contributed by atoms with E-state index in [9.17, 15) is 4.79 Å². The zero-order valence-electron chi connectivity index (χ0n) is 9.08. The van der Waals surface area contributed by atoms with Crippen LogP contribution in [-0.2, 0) is 7.05 Å². The van der Waals surface area contributed by atoms with E-state index in [-0.39, 0.29) is 10.7 Å². The average Bonchev–Trinajstić information content (AvgIpc) is 2.42. The molecule has 5 nitrogen and oxygen atoms in total. The lowest BCUT2D eigenvalue weighted by atomic mass is 10.2. The van der Waals surface area contributed by atoms with Crippen LogP contribution >= 0.6 is 11.6 Å². The number of nitrogens with zero attached hydrogens (tertiary/aromatic N) is 3. The van der Waals surface area contributed by atoms with Gasteiger partial charge in [0.05, 0.1) is 11.1 Å². The number of aromatic nitrogens is 3. The molecule has 0 radical (unpaired) electrons. The van der Waals surface area contributed by atoms with E-state index >= 15 is 0 Å². The van der Waals surface area contributed by atoms with Gasteiger partial charge in [-0.15, -0.1) is 0 Å². The molecule has 0 bridgehead atoms. The molecule has 6 heteroatoms. The van der Waals surface area contributed by atoms with Crippen LogP contribution in [0.25, 0.3) is 11.0 Å². The Bertz CT molecular complexity index is 604. The summed E-state index contributed by atoms with van der Waals surface area (Å²) in [6.07, 6.45) is 0. The smallest absolute Gasteiger partial charge is 0.339 e. The largest absolute Gasteiger partial charge is 0.478 e. The lowest BCUT2D eigenvalue weighted by Crippen LogP contribution is -1.98. The van der Waals surface area contributed by atoms with Gasteiger partial charge in [0.1, 0.15) is 22.2 Å². The molecule has 2 heterocycles. The summed E-state index contributed by atoms with van der Waals surface area (Å²) in [6.45, 7) is 3.51. The summed E-state index contributed by atoms with van der Waals surface area (Å²) in [7, 11) is 1.68. The van der Waals surface area contributed by atoms with E-state index in [2.05, 4.69) is 9.97 Å². The van der Waals surface area contributed by atoms with Crippen molar-refractivity contribution in [2.24, 2.45) is 7.05 Å². The van der Waals surface area contributed by atoms with Crippen molar-refractivity contribution in [2.75, 3.05) is 0 Å². The Morgan fingerprint density at radius 1 is 1.38 bits per heavy atom. The maximum atomic E-state index is 11.1. The molecule has 2 aromatic rings. The van der Waals surface area contributed by atoms with Gasteiger partial charge < -0.3 is 9.67 Å². The third kappa shape index (κ3) is 1.36. The molecule has 0 amide bonds. The van der Waals surface area contributed by atoms with Crippen LogP contribution in [0.1, 0.15) is 21.9 Å². The topological polar surface area (TPSA) is 68.0 Å². The molecule has 0 aliphatic heterocycles. The first kappa shape index (κ1) is 10.9. The number of aromatic carboxylic acids is 1. The summed E-state index contributed by atoms with van der Waals surface area (Å²) in [6, 6.07) is 0. The molecule has 0 fully saturated rings. The van der Waals surface area contributed by atoms with Crippen LogP contribution < -0.4 is 0 Å². The molecule has 1 N–H and O–H groups in total. The molecule has 0 saturated carbocycles. The summed E-state index contributed by atoms with van der Waals surface area (Å²) >= 11 is 5.97. The number of carbonyl (C=O) groups is 1. The number of halogens is 1. The highest BCUT2D eigenvalue weighted by molar-refractivity contribution is 6.35. The third-order valence-electron chi connectivity index (χ3n) is 2.46. The number of carboxylic acids is 1. The normalized spacial score (nSPS) is 11.0. The molecular formula is C10H10ClN3O2. The minimum absolute atomic E-state index is 0.0664. The van der Waals surface area contributed by atoms with Crippen LogP contribution in [0.4, 0.5) is 0 Å². The molecule has 2 rings (SSSR count). The second kappa shape index (κ2) is 3.45. The van der Waals surface area contributed by atoms with Crippen LogP contribution in [0, 0.1) is 13.8 Å². The van der Waals surface area contributed by atoms with Gasteiger partial charge >= 0.3 is 5.97 Å². The maximum Gasteiger partial charge on any atom is 0.339 e. The Hall–Kier alpha value is -1.62. The second-order valence-electron chi connectivity index (χ2n) is 3.58. The molecule has 0 aliphatic rings. The van der Waals surface area contributed by atoms with E-state index in [0.717, 1.165) is 0 Å². The molecule has 0 aliphatic carbocycles. The van der Waals surface area contributed by atoms with Gasteiger partial charge in [-0.2, -0.15) is 0 Å². The Balaban J connectivity index is 3.02. The summed E-state index contributed by atoms with van der Waals surface area (Å²) < 4.78 is 1.56. The van der Waals surface area contributed by atoms with Crippen LogP contribution in [0.3, 0.4) is 0 Å². The summed E-state index contributed by atoms with van der Waals surface area (Å²) in [5.74, 6) is -0.467. The molecular weight excluding hydrogens is 230 g/mol. The second-order valence-corrected chi connectivity index (χ2v) is 3.94. The van der Waals surface area contributed by atoms with E-state index in [1.165, 1.54) is 0 Å². The molecule has 0 saturated heterocycles. The van der Waals surface area contributed by atoms with E-state index in [4.69, 9.17) is 16.7 Å². The number of rotatable bonds is 1. The Labute approximate surface area is 96.7 Å². The van der Waals surface area contributed by atoms with Crippen molar-refractivity contribution < 1.29 is 9.90 Å². The predicted molar refractivity (Wildman–Crippen MR) is 60.0 cm³/mol. The molecule has 0 unspecified atom stereocenters. The summed E-state index contributed by atoms with van der Waals surface area (Å²) in [5.41, 5.74) is 1.24. The zero-order chi connectivity index (χ0) is 12.0. The van der Waals surface area contributed by atoms with Gasteiger partial charge in [-0.05, 0) is 13.8 Å². The monoisotopic (exact) mass is 239 g/mol. The Morgan fingerprint density at radius 2 is 2.00 bits per heavy atom. The van der Waals surface area contributed by atoms with Crippen molar-refractivity contribution in [3.8, 4) is 0 Å². The average molecular weight is 240 g/mol. The Morgan fingerprint density at radius 3 is 2.56 bits per heavy atom. The van der Waals surface area contributed by atoms with Gasteiger partial charge in [0.25, 0.3) is 0 Å². The van der Waals surface area contributed by atoms with E-state index in [1.54, 1.807) is 25.5 Å². The SMILES string of the molecule is Cc1nc(C)c2c(C(=O)O)c(Cl)n(C)c2n1. The minimum Gasteiger partial charge on any atom is -0.478 e. The van der Waals surface area contributed by atoms with Gasteiger partial charge in [-0.1, -0.05) is 11.6 Å². The van der Waals surface area contributed by atoms with E-state index < -0.39 is 5.97 Å². The summed E-state index contributed by atoms with van der Waals surface area (Å²) in [5, 5.41) is 9.79. The fourth-order valence-corrected chi connectivity index (χ4v) is 2.04. The van der Waals surface area contributed by atoms with E-state index in [1.807, 2.05) is 0 Å². The predicted octanol–water partition coefficient (Wildman–Crippen LogP) is 1.94. The van der Waals surface area contributed by atoms with Crippen LogP contribution in [0.5, 0.6) is 0 Å². The summed E-state index contributed by atoms with van der Waals surface area (Å²) in [4.78, 5) is 19.5. The fourth-order valence-electron chi connectivity index (χ4n) is 1.79. The number of fused-ring (bicyclic) bond motifs is 1. The fraction of sp³-hybridized carbons (Fsp3) is 0.300. The van der Waals surface area contributed by atoms with E-state index in [0.29, 0.717) is 22.6 Å². The van der Waals surface area contributed by atoms with Crippen molar-refractivity contribution in [3.63, 3.8) is 0 Å². The lowest BCUT2D eigenvalue weighted by Gasteiger charge is -1.99. The quantitative estimate of drug-likeness (QED) is 0.826. The third-order valence-corrected chi connectivity index (χ3v) is 2.91. The van der Waals surface area contributed by atoms with Crippen molar-refractivity contribution in [3.05, 3.63) is 22.2 Å². The zero-order valence-corrected chi connectivity index (χ0v) is 9.83. The van der Waals surface area contributed by atoms with Gasteiger partial charge in [-0.3, -0.25) is 0 Å². The first-order valence-electron chi connectivity index (χ1n) is 4.66. The maximum absolute atomic E-state index is 11.1. The first-order valence-corrected chi connectivity index (χ1v) is 5.03. The molecule has 16 heavy (non-hydrogen) atoms. The van der Waals surface area contributed by atoms with Gasteiger partial charge in [0.15, 0.2) is 0 Å². The highest BCUT2D eigenvalue weighted by atomic mass is 35.5. The van der Waals surface area contributed by atoms with Crippen LogP contribution in [0.15, 0.2) is 0 Å². The van der Waals surface area contributed by atoms with Crippen molar-refractivity contribution in [2.45, 2.75) is 13.8 Å². The van der Waals surface area contributed by atoms with Crippen molar-refractivity contribution >= 4 is 28.6 Å². The van der Waals surface area contributed by atoms with Crippen molar-refractivity contribution in [1.29, 1.82) is 0 Å². The van der Waals surface area contributed by atoms with Crippen molar-refractivity contribution in [1.82, 2.24) is 14.5 Å². The molecule has 0 atom stereocenters. The lowest BCUT2D eigenvalue weighted by molar-refractivity contribution is 0.0699. The number of hydrogen-bond acceptors (Lipinski definition) is 3. The van der Waals surface area contributed by atoms with Crippen LogP contribution in [-0.4, -0.2) is 25.6 Å². The van der Waals surface area contributed by atoms with Crippen LogP contribution in [0.2, 0.25) is 5.15 Å². The molecule has 2 aromatic heterocycles. The Kier molecular flexibility index (Phi) is 2.35. The number of hydrogen-bond donors (Lipinski definition) is 1. The first-order chi connectivity index (χ1) is 7.43. The minimum atomic E-state index is -1.06. The number of carboxylic acid groups (broad SMARTS) is 1. The van der Waals surface area contributed by atoms with Gasteiger partial charge in [0.2, 0.25) is 0 Å². The standard InChI is InChI=1S/C10H10ClN3O2/c1-4-6-7(10(15)16)8(11)14(3)9(6)13-5(2)12-4/h1-3H3,(H,15,16). The highest BCUT2D eigenvalue weighted by Gasteiger charge is 2.22. The van der Waals surface area contributed by atoms with Gasteiger partial charge in [0, 0.05) is 7.05 Å². The molecule has 84 valence electrons. The molecule has 0 spiro atoms.